The van der Waals surface area contributed by atoms with Crippen LogP contribution in [0.15, 0.2) is 59.5 Å². The van der Waals surface area contributed by atoms with Gasteiger partial charge in [0, 0.05) is 11.4 Å². The molecule has 0 unspecified atom stereocenters. The van der Waals surface area contributed by atoms with Crippen molar-refractivity contribution in [1.29, 1.82) is 0 Å². The minimum Gasteiger partial charge on any atom is -0.484 e. The lowest BCUT2D eigenvalue weighted by Crippen LogP contribution is -2.30. The van der Waals surface area contributed by atoms with E-state index in [1.54, 1.807) is 11.8 Å². The molecule has 21 heavy (non-hydrogen) atoms. The van der Waals surface area contributed by atoms with Gasteiger partial charge in [-0.15, -0.1) is 11.8 Å². The molecule has 0 spiro atoms. The molecule has 0 aliphatic heterocycles. The molecule has 0 heterocycles. The number of carbonyl (C=O) groups is 1. The molecular weight excluding hydrogens is 282 g/mol. The molecule has 2 aromatic carbocycles. The molecule has 2 aromatic rings. The Kier molecular flexibility index (Phi) is 6.16. The number of nitrogens with one attached hydrogen (secondary N) is 1. The molecule has 0 bridgehead atoms. The van der Waals surface area contributed by atoms with E-state index in [0.29, 0.717) is 12.3 Å². The van der Waals surface area contributed by atoms with Crippen molar-refractivity contribution in [2.24, 2.45) is 0 Å². The fourth-order valence-corrected chi connectivity index (χ4v) is 2.26. The van der Waals surface area contributed by atoms with Gasteiger partial charge in [-0.3, -0.25) is 4.79 Å². The zero-order valence-corrected chi connectivity index (χ0v) is 12.9. The van der Waals surface area contributed by atoms with Gasteiger partial charge in [-0.2, -0.15) is 0 Å². The Morgan fingerprint density at radius 3 is 2.48 bits per heavy atom. The molecule has 0 radical (unpaired) electrons. The van der Waals surface area contributed by atoms with Crippen molar-refractivity contribution in [3.63, 3.8) is 0 Å². The predicted molar refractivity (Wildman–Crippen MR) is 86.9 cm³/mol. The summed E-state index contributed by atoms with van der Waals surface area (Å²) in [5, 5.41) is 2.86. The Hall–Kier alpha value is -1.94. The van der Waals surface area contributed by atoms with E-state index in [4.69, 9.17) is 4.74 Å². The lowest BCUT2D eigenvalue weighted by atomic mass is 10.1. The first kappa shape index (κ1) is 15.4. The van der Waals surface area contributed by atoms with Crippen LogP contribution in [0.4, 0.5) is 0 Å². The average Bonchev–Trinajstić information content (AvgIpc) is 2.54. The zero-order valence-electron chi connectivity index (χ0n) is 12.0. The molecule has 0 aliphatic rings. The van der Waals surface area contributed by atoms with Crippen LogP contribution in [0.5, 0.6) is 5.75 Å². The normalized spacial score (nSPS) is 10.1. The third-order valence-corrected chi connectivity index (χ3v) is 3.75. The predicted octanol–water partition coefficient (Wildman–Crippen LogP) is 3.15. The van der Waals surface area contributed by atoms with Crippen molar-refractivity contribution in [1.82, 2.24) is 5.32 Å². The van der Waals surface area contributed by atoms with Crippen molar-refractivity contribution in [2.45, 2.75) is 11.3 Å². The first-order chi connectivity index (χ1) is 10.3. The van der Waals surface area contributed by atoms with E-state index in [2.05, 4.69) is 35.8 Å². The van der Waals surface area contributed by atoms with E-state index in [1.807, 2.05) is 30.3 Å². The maximum absolute atomic E-state index is 11.7. The molecule has 0 saturated heterocycles. The van der Waals surface area contributed by atoms with Gasteiger partial charge in [-0.1, -0.05) is 30.3 Å². The summed E-state index contributed by atoms with van der Waals surface area (Å²) in [6, 6.07) is 17.7. The van der Waals surface area contributed by atoms with Crippen molar-refractivity contribution in [3.8, 4) is 5.75 Å². The topological polar surface area (TPSA) is 38.3 Å². The molecule has 1 amide bonds. The SMILES string of the molecule is CSc1ccc(CCNC(=O)COc2ccccc2)cc1. The van der Waals surface area contributed by atoms with Gasteiger partial charge in [-0.05, 0) is 42.5 Å². The number of rotatable bonds is 7. The van der Waals surface area contributed by atoms with Crippen LogP contribution in [0.2, 0.25) is 0 Å². The Morgan fingerprint density at radius 1 is 1.10 bits per heavy atom. The van der Waals surface area contributed by atoms with Crippen LogP contribution in [0.3, 0.4) is 0 Å². The molecule has 0 saturated carbocycles. The third-order valence-electron chi connectivity index (χ3n) is 3.01. The Labute approximate surface area is 129 Å². The van der Waals surface area contributed by atoms with E-state index < -0.39 is 0 Å². The van der Waals surface area contributed by atoms with Crippen LogP contribution >= 0.6 is 11.8 Å². The standard InChI is InChI=1S/C17H19NO2S/c1-21-16-9-7-14(8-10-16)11-12-18-17(19)13-20-15-5-3-2-4-6-15/h2-10H,11-13H2,1H3,(H,18,19). The third kappa shape index (κ3) is 5.52. The molecule has 0 aliphatic carbocycles. The van der Waals surface area contributed by atoms with E-state index in [-0.39, 0.29) is 12.5 Å². The Morgan fingerprint density at radius 2 is 1.81 bits per heavy atom. The summed E-state index contributed by atoms with van der Waals surface area (Å²) in [5.41, 5.74) is 1.22. The highest BCUT2D eigenvalue weighted by Crippen LogP contribution is 2.14. The van der Waals surface area contributed by atoms with Crippen LogP contribution in [0.25, 0.3) is 0 Å². The smallest absolute Gasteiger partial charge is 0.257 e. The summed E-state index contributed by atoms with van der Waals surface area (Å²) < 4.78 is 5.39. The number of ether oxygens (including phenoxy) is 1. The molecule has 0 fully saturated rings. The summed E-state index contributed by atoms with van der Waals surface area (Å²) in [6.45, 7) is 0.672. The van der Waals surface area contributed by atoms with Gasteiger partial charge in [0.1, 0.15) is 5.75 Å². The molecule has 110 valence electrons. The average molecular weight is 301 g/mol. The largest absolute Gasteiger partial charge is 0.484 e. The summed E-state index contributed by atoms with van der Waals surface area (Å²) in [5.74, 6) is 0.611. The summed E-state index contributed by atoms with van der Waals surface area (Å²) in [6.07, 6.45) is 2.88. The number of thioether (sulfide) groups is 1. The van der Waals surface area contributed by atoms with Gasteiger partial charge in [0.25, 0.3) is 5.91 Å². The minimum absolute atomic E-state index is 0.0510. The minimum atomic E-state index is -0.0976. The van der Waals surface area contributed by atoms with Crippen molar-refractivity contribution < 1.29 is 9.53 Å². The quantitative estimate of drug-likeness (QED) is 0.798. The Balaban J connectivity index is 1.66. The summed E-state index contributed by atoms with van der Waals surface area (Å²) in [4.78, 5) is 12.9. The number of amides is 1. The van der Waals surface area contributed by atoms with Crippen LogP contribution in [-0.2, 0) is 11.2 Å². The highest BCUT2D eigenvalue weighted by molar-refractivity contribution is 7.98. The lowest BCUT2D eigenvalue weighted by molar-refractivity contribution is -0.123. The second-order valence-corrected chi connectivity index (χ2v) is 5.43. The second kappa shape index (κ2) is 8.37. The van der Waals surface area contributed by atoms with Crippen LogP contribution in [0.1, 0.15) is 5.56 Å². The maximum atomic E-state index is 11.7. The number of hydrogen-bond acceptors (Lipinski definition) is 3. The fraction of sp³-hybridized carbons (Fsp3) is 0.235. The van der Waals surface area contributed by atoms with Crippen molar-refractivity contribution in [2.75, 3.05) is 19.4 Å². The highest BCUT2D eigenvalue weighted by Gasteiger charge is 2.02. The van der Waals surface area contributed by atoms with E-state index in [0.717, 1.165) is 6.42 Å². The molecule has 0 atom stereocenters. The number of carbonyl (C=O) groups excluding carboxylic acids is 1. The zero-order chi connectivity index (χ0) is 14.9. The monoisotopic (exact) mass is 301 g/mol. The van der Waals surface area contributed by atoms with E-state index in [9.17, 15) is 4.79 Å². The summed E-state index contributed by atoms with van der Waals surface area (Å²) in [7, 11) is 0. The molecule has 3 nitrogen and oxygen atoms in total. The fourth-order valence-electron chi connectivity index (χ4n) is 1.86. The molecule has 1 N–H and O–H groups in total. The molecule has 0 aromatic heterocycles. The number of benzene rings is 2. The van der Waals surface area contributed by atoms with Gasteiger partial charge in [0.15, 0.2) is 6.61 Å². The van der Waals surface area contributed by atoms with Crippen LogP contribution < -0.4 is 10.1 Å². The van der Waals surface area contributed by atoms with Gasteiger partial charge >= 0.3 is 0 Å². The van der Waals surface area contributed by atoms with Crippen molar-refractivity contribution >= 4 is 17.7 Å². The van der Waals surface area contributed by atoms with Crippen LogP contribution in [0, 0.1) is 0 Å². The molecule has 2 rings (SSSR count). The van der Waals surface area contributed by atoms with E-state index in [1.165, 1.54) is 10.5 Å². The second-order valence-electron chi connectivity index (χ2n) is 4.55. The van der Waals surface area contributed by atoms with Crippen molar-refractivity contribution in [3.05, 3.63) is 60.2 Å². The van der Waals surface area contributed by atoms with Gasteiger partial charge in [0.05, 0.1) is 0 Å². The molecular formula is C17H19NO2S. The first-order valence-corrected chi connectivity index (χ1v) is 8.08. The molecule has 4 heteroatoms. The number of hydrogen-bond donors (Lipinski definition) is 1. The van der Waals surface area contributed by atoms with Crippen LogP contribution in [-0.4, -0.2) is 25.3 Å². The lowest BCUT2D eigenvalue weighted by Gasteiger charge is -2.07. The maximum Gasteiger partial charge on any atom is 0.257 e. The summed E-state index contributed by atoms with van der Waals surface area (Å²) >= 11 is 1.72. The van der Waals surface area contributed by atoms with E-state index >= 15 is 0 Å². The Bertz CT molecular complexity index is 555. The first-order valence-electron chi connectivity index (χ1n) is 6.85. The highest BCUT2D eigenvalue weighted by atomic mass is 32.2. The van der Waals surface area contributed by atoms with Gasteiger partial charge in [0.2, 0.25) is 0 Å². The van der Waals surface area contributed by atoms with Gasteiger partial charge < -0.3 is 10.1 Å². The van der Waals surface area contributed by atoms with Gasteiger partial charge in [-0.25, -0.2) is 0 Å². The number of para-hydroxylation sites is 1.